The van der Waals surface area contributed by atoms with Gasteiger partial charge in [0.2, 0.25) is 5.96 Å². The molecule has 1 heterocycles. The first-order chi connectivity index (χ1) is 14.9. The van der Waals surface area contributed by atoms with E-state index in [0.29, 0.717) is 13.0 Å². The molecule has 6 nitrogen and oxygen atoms in total. The summed E-state index contributed by atoms with van der Waals surface area (Å²) in [4.78, 5) is 27.4. The molecule has 0 aromatic carbocycles. The highest BCUT2D eigenvalue weighted by Crippen LogP contribution is 2.13. The van der Waals surface area contributed by atoms with Crippen LogP contribution in [0.2, 0.25) is 0 Å². The Kier molecular flexibility index (Phi) is 14.7. The third-order valence-electron chi connectivity index (χ3n) is 5.49. The van der Waals surface area contributed by atoms with Crippen molar-refractivity contribution in [2.24, 2.45) is 4.99 Å². The monoisotopic (exact) mass is 434 g/mol. The number of unbranched alkanes of at least 4 members (excludes halogenated alkanes) is 12. The third kappa shape index (κ3) is 15.6. The van der Waals surface area contributed by atoms with Crippen LogP contribution < -0.4 is 16.0 Å². The molecule has 0 spiro atoms. The van der Waals surface area contributed by atoms with E-state index in [1.807, 2.05) is 13.8 Å². The molecule has 0 saturated carbocycles. The Balaban J connectivity index is 1.89. The molecule has 31 heavy (non-hydrogen) atoms. The van der Waals surface area contributed by atoms with Crippen molar-refractivity contribution in [3.63, 3.8) is 0 Å². The Labute approximate surface area is 190 Å². The van der Waals surface area contributed by atoms with E-state index in [2.05, 4.69) is 40.0 Å². The summed E-state index contributed by atoms with van der Waals surface area (Å²) in [5.41, 5.74) is -0.384. The van der Waals surface area contributed by atoms with E-state index in [9.17, 15) is 9.59 Å². The largest absolute Gasteiger partial charge is 0.350 e. The smallest absolute Gasteiger partial charge is 0.321 e. The fourth-order valence-corrected chi connectivity index (χ4v) is 3.72. The van der Waals surface area contributed by atoms with Crippen molar-refractivity contribution in [1.29, 1.82) is 0 Å². The van der Waals surface area contributed by atoms with Crippen LogP contribution in [0.4, 0.5) is 4.79 Å². The van der Waals surface area contributed by atoms with Gasteiger partial charge in [0.15, 0.2) is 0 Å². The topological polar surface area (TPSA) is 82.6 Å². The highest BCUT2D eigenvalue weighted by Gasteiger charge is 2.28. The fraction of sp³-hybridized carbons (Fsp3) is 0.800. The minimum atomic E-state index is -0.384. The Morgan fingerprint density at radius 2 is 1.48 bits per heavy atom. The Morgan fingerprint density at radius 3 is 2.06 bits per heavy atom. The van der Waals surface area contributed by atoms with E-state index < -0.39 is 0 Å². The second-order valence-corrected chi connectivity index (χ2v) is 9.36. The van der Waals surface area contributed by atoms with Gasteiger partial charge in [0.05, 0.1) is 6.42 Å². The number of carbonyl (C=O) groups is 2. The van der Waals surface area contributed by atoms with Crippen LogP contribution in [0.1, 0.15) is 117 Å². The van der Waals surface area contributed by atoms with E-state index in [-0.39, 0.29) is 23.4 Å². The van der Waals surface area contributed by atoms with Crippen LogP contribution in [0.15, 0.2) is 17.1 Å². The maximum Gasteiger partial charge on any atom is 0.321 e. The second kappa shape index (κ2) is 16.8. The van der Waals surface area contributed by atoms with Crippen LogP contribution in [0.25, 0.3) is 0 Å². The lowest BCUT2D eigenvalue weighted by atomic mass is 9.99. The lowest BCUT2D eigenvalue weighted by molar-refractivity contribution is -0.119. The molecule has 0 unspecified atom stereocenters. The number of hydrogen-bond donors (Lipinski definition) is 3. The van der Waals surface area contributed by atoms with Gasteiger partial charge in [0.1, 0.15) is 0 Å². The summed E-state index contributed by atoms with van der Waals surface area (Å²) in [7, 11) is 0. The molecule has 3 N–H and O–H groups in total. The van der Waals surface area contributed by atoms with Gasteiger partial charge in [0.25, 0.3) is 5.91 Å². The van der Waals surface area contributed by atoms with E-state index in [1.54, 1.807) is 0 Å². The quantitative estimate of drug-likeness (QED) is 0.206. The van der Waals surface area contributed by atoms with Gasteiger partial charge in [-0.15, -0.1) is 0 Å². The highest BCUT2D eigenvalue weighted by molar-refractivity contribution is 6.03. The van der Waals surface area contributed by atoms with Crippen molar-refractivity contribution >= 4 is 17.9 Å². The van der Waals surface area contributed by atoms with Gasteiger partial charge >= 0.3 is 6.03 Å². The number of urea groups is 1. The van der Waals surface area contributed by atoms with Gasteiger partial charge in [-0.1, -0.05) is 76.9 Å². The molecule has 6 heteroatoms. The van der Waals surface area contributed by atoms with Crippen LogP contribution >= 0.6 is 0 Å². The first-order valence-electron chi connectivity index (χ1n) is 12.5. The summed E-state index contributed by atoms with van der Waals surface area (Å²) in [5.74, 6) is 0.0205. The van der Waals surface area contributed by atoms with E-state index in [1.165, 1.54) is 77.0 Å². The molecule has 0 aromatic heterocycles. The maximum atomic E-state index is 11.9. The molecule has 0 radical (unpaired) electrons. The summed E-state index contributed by atoms with van der Waals surface area (Å²) in [5, 5.41) is 8.52. The first kappa shape index (κ1) is 27.2. The summed E-state index contributed by atoms with van der Waals surface area (Å²) < 4.78 is 0. The van der Waals surface area contributed by atoms with Crippen molar-refractivity contribution in [3.8, 4) is 0 Å². The standard InChI is InChI=1S/C25H46N4O2/c1-4-5-6-7-8-9-10-11-12-13-14-15-16-17-18-19-20-26-24(31)28-23-27-22(30)21-25(2,3)29-23/h11-12H,4-10,13-21H2,1-3H3,(H3,26,27,28,29,30,31)/b12-11-. The van der Waals surface area contributed by atoms with Gasteiger partial charge in [-0.3, -0.25) is 10.1 Å². The molecule has 0 saturated heterocycles. The number of aliphatic imine (C=N–C) groups is 1. The lowest BCUT2D eigenvalue weighted by Gasteiger charge is -2.30. The first-order valence-corrected chi connectivity index (χ1v) is 12.5. The van der Waals surface area contributed by atoms with Crippen LogP contribution in [-0.2, 0) is 4.79 Å². The minimum Gasteiger partial charge on any atom is -0.350 e. The number of rotatable bonds is 16. The molecular formula is C25H46N4O2. The van der Waals surface area contributed by atoms with Crippen molar-refractivity contribution in [3.05, 3.63) is 12.2 Å². The second-order valence-electron chi connectivity index (χ2n) is 9.36. The van der Waals surface area contributed by atoms with E-state index >= 15 is 0 Å². The zero-order chi connectivity index (χ0) is 22.8. The predicted octanol–water partition coefficient (Wildman–Crippen LogP) is 5.98. The fourth-order valence-electron chi connectivity index (χ4n) is 3.72. The Morgan fingerprint density at radius 1 is 0.935 bits per heavy atom. The number of carbonyl (C=O) groups excluding carboxylic acids is 2. The number of amides is 3. The van der Waals surface area contributed by atoms with E-state index in [4.69, 9.17) is 0 Å². The number of hydrogen-bond acceptors (Lipinski definition) is 3. The summed E-state index contributed by atoms with van der Waals surface area (Å²) in [6.45, 7) is 6.72. The molecule has 1 aliphatic heterocycles. The molecule has 0 atom stereocenters. The lowest BCUT2D eigenvalue weighted by Crippen LogP contribution is -2.56. The van der Waals surface area contributed by atoms with Gasteiger partial charge in [0, 0.05) is 12.1 Å². The van der Waals surface area contributed by atoms with Gasteiger partial charge in [-0.25, -0.2) is 4.79 Å². The van der Waals surface area contributed by atoms with Gasteiger partial charge in [-0.05, 0) is 46.0 Å². The molecule has 1 rings (SSSR count). The number of guanidine groups is 1. The zero-order valence-electron chi connectivity index (χ0n) is 20.2. The van der Waals surface area contributed by atoms with Crippen LogP contribution in [0, 0.1) is 0 Å². The van der Waals surface area contributed by atoms with Crippen molar-refractivity contribution in [1.82, 2.24) is 16.0 Å². The number of allylic oxidation sites excluding steroid dienone is 2. The summed E-state index contributed by atoms with van der Waals surface area (Å²) in [6.07, 6.45) is 22.8. The molecular weight excluding hydrogens is 388 g/mol. The Bertz CT molecular complexity index is 570. The van der Waals surface area contributed by atoms with Crippen molar-refractivity contribution in [2.45, 2.75) is 123 Å². The summed E-state index contributed by atoms with van der Waals surface area (Å²) >= 11 is 0. The molecule has 0 fully saturated rings. The average Bonchev–Trinajstić information content (AvgIpc) is 2.68. The predicted molar refractivity (Wildman–Crippen MR) is 130 cm³/mol. The van der Waals surface area contributed by atoms with Crippen molar-refractivity contribution < 1.29 is 9.59 Å². The summed E-state index contributed by atoms with van der Waals surface area (Å²) in [6, 6.07) is -0.315. The van der Waals surface area contributed by atoms with Gasteiger partial charge in [-0.2, -0.15) is 4.99 Å². The molecule has 0 aliphatic carbocycles. The van der Waals surface area contributed by atoms with Crippen LogP contribution in [0.3, 0.4) is 0 Å². The number of nitrogens with one attached hydrogen (secondary N) is 3. The third-order valence-corrected chi connectivity index (χ3v) is 5.49. The molecule has 0 bridgehead atoms. The molecule has 1 aliphatic rings. The average molecular weight is 435 g/mol. The molecule has 0 aromatic rings. The minimum absolute atomic E-state index is 0.215. The van der Waals surface area contributed by atoms with Crippen molar-refractivity contribution in [2.75, 3.05) is 6.54 Å². The van der Waals surface area contributed by atoms with Crippen LogP contribution in [0.5, 0.6) is 0 Å². The maximum absolute atomic E-state index is 11.9. The highest BCUT2D eigenvalue weighted by atomic mass is 16.2. The molecule has 3 amide bonds. The SMILES string of the molecule is CCCCCCCC/C=C\CCCCCCCCNC(=O)NC1=NC(=O)CC(C)(C)N1. The Hall–Kier alpha value is -1.85. The van der Waals surface area contributed by atoms with E-state index in [0.717, 1.165) is 12.8 Å². The normalized spacial score (nSPS) is 15.6. The molecule has 178 valence electrons. The van der Waals surface area contributed by atoms with Crippen LogP contribution in [-0.4, -0.2) is 30.0 Å². The number of nitrogens with zero attached hydrogens (tertiary/aromatic N) is 1. The van der Waals surface area contributed by atoms with Gasteiger partial charge < -0.3 is 10.6 Å². The zero-order valence-corrected chi connectivity index (χ0v) is 20.2.